The molecular formula is C12H13F3N2O2. The summed E-state index contributed by atoms with van der Waals surface area (Å²) in [5, 5.41) is 3.05. The minimum Gasteiger partial charge on any atom is -0.406 e. The van der Waals surface area contributed by atoms with E-state index in [1.54, 1.807) is 14.0 Å². The van der Waals surface area contributed by atoms with Gasteiger partial charge >= 0.3 is 6.36 Å². The van der Waals surface area contributed by atoms with Crippen molar-refractivity contribution < 1.29 is 22.7 Å². The van der Waals surface area contributed by atoms with Gasteiger partial charge in [-0.25, -0.2) is 0 Å². The van der Waals surface area contributed by atoms with Crippen LogP contribution in [0.15, 0.2) is 24.3 Å². The third-order valence-electron chi connectivity index (χ3n) is 2.94. The van der Waals surface area contributed by atoms with Crippen LogP contribution in [0.1, 0.15) is 18.7 Å². The van der Waals surface area contributed by atoms with Crippen LogP contribution in [0.2, 0.25) is 0 Å². The zero-order valence-corrected chi connectivity index (χ0v) is 10.4. The van der Waals surface area contributed by atoms with Gasteiger partial charge in [0.25, 0.3) is 0 Å². The summed E-state index contributed by atoms with van der Waals surface area (Å²) in [7, 11) is 1.64. The zero-order valence-electron chi connectivity index (χ0n) is 10.4. The Balaban J connectivity index is 2.13. The molecule has 2 atom stereocenters. The minimum absolute atomic E-state index is 0.0550. The molecule has 1 aromatic carbocycles. The van der Waals surface area contributed by atoms with Gasteiger partial charge in [-0.05, 0) is 24.6 Å². The second kappa shape index (κ2) is 4.73. The van der Waals surface area contributed by atoms with Crippen molar-refractivity contribution in [1.29, 1.82) is 0 Å². The molecule has 1 N–H and O–H groups in total. The Bertz CT molecular complexity index is 473. The Morgan fingerprint density at radius 3 is 2.26 bits per heavy atom. The molecule has 1 fully saturated rings. The number of halogens is 3. The number of hydrogen-bond acceptors (Lipinski definition) is 3. The number of nitrogens with one attached hydrogen (secondary N) is 1. The maximum Gasteiger partial charge on any atom is 0.573 e. The van der Waals surface area contributed by atoms with E-state index >= 15 is 0 Å². The van der Waals surface area contributed by atoms with Gasteiger partial charge in [0.2, 0.25) is 5.91 Å². The molecule has 1 heterocycles. The molecule has 19 heavy (non-hydrogen) atoms. The second-order valence-corrected chi connectivity index (χ2v) is 4.36. The van der Waals surface area contributed by atoms with E-state index < -0.39 is 6.36 Å². The van der Waals surface area contributed by atoms with Crippen LogP contribution in [0.4, 0.5) is 13.2 Å². The Kier molecular flexibility index (Phi) is 3.40. The lowest BCUT2D eigenvalue weighted by atomic mass is 10.1. The molecule has 2 unspecified atom stereocenters. The van der Waals surface area contributed by atoms with Crippen LogP contribution in [0.25, 0.3) is 0 Å². The van der Waals surface area contributed by atoms with Crippen molar-refractivity contribution in [3.05, 3.63) is 29.8 Å². The van der Waals surface area contributed by atoms with Crippen molar-refractivity contribution in [1.82, 2.24) is 10.2 Å². The maximum absolute atomic E-state index is 12.0. The van der Waals surface area contributed by atoms with Crippen molar-refractivity contribution in [2.45, 2.75) is 25.5 Å². The lowest BCUT2D eigenvalue weighted by Gasteiger charge is -2.20. The summed E-state index contributed by atoms with van der Waals surface area (Å²) in [4.78, 5) is 13.2. The van der Waals surface area contributed by atoms with E-state index in [4.69, 9.17) is 0 Å². The largest absolute Gasteiger partial charge is 0.573 e. The summed E-state index contributed by atoms with van der Waals surface area (Å²) in [6, 6.07) is 5.15. The fraction of sp³-hybridized carbons (Fsp3) is 0.417. The van der Waals surface area contributed by atoms with Gasteiger partial charge in [0.05, 0.1) is 6.04 Å². The lowest BCUT2D eigenvalue weighted by molar-refractivity contribution is -0.274. The number of alkyl halides is 3. The van der Waals surface area contributed by atoms with E-state index in [2.05, 4.69) is 10.1 Å². The summed E-state index contributed by atoms with van der Waals surface area (Å²) in [5.41, 5.74) is 0.703. The quantitative estimate of drug-likeness (QED) is 0.897. The standard InChI is InChI=1S/C12H13F3N2O2/c1-7-11(18)17(2)10(16-7)8-3-5-9(6-4-8)19-12(13,14)15/h3-7,10,16H,1-2H3. The number of hydrogen-bond donors (Lipinski definition) is 1. The number of rotatable bonds is 2. The van der Waals surface area contributed by atoms with Crippen molar-refractivity contribution in [3.8, 4) is 5.75 Å². The van der Waals surface area contributed by atoms with Gasteiger partial charge in [0.1, 0.15) is 11.9 Å². The minimum atomic E-state index is -4.70. The molecule has 1 saturated heterocycles. The summed E-state index contributed by atoms with van der Waals surface area (Å²) in [6.07, 6.45) is -5.03. The third-order valence-corrected chi connectivity index (χ3v) is 2.94. The topological polar surface area (TPSA) is 41.6 Å². The molecule has 1 amide bonds. The predicted molar refractivity (Wildman–Crippen MR) is 61.2 cm³/mol. The Morgan fingerprint density at radius 1 is 1.26 bits per heavy atom. The average molecular weight is 274 g/mol. The van der Waals surface area contributed by atoms with Crippen LogP contribution in [-0.4, -0.2) is 30.3 Å². The first-order valence-electron chi connectivity index (χ1n) is 5.66. The molecular weight excluding hydrogens is 261 g/mol. The van der Waals surface area contributed by atoms with Crippen molar-refractivity contribution in [2.24, 2.45) is 0 Å². The molecule has 0 spiro atoms. The molecule has 0 saturated carbocycles. The van der Waals surface area contributed by atoms with E-state index in [1.165, 1.54) is 29.2 Å². The van der Waals surface area contributed by atoms with Crippen molar-refractivity contribution >= 4 is 5.91 Å². The van der Waals surface area contributed by atoms with Gasteiger partial charge in [0, 0.05) is 7.05 Å². The number of carbonyl (C=O) groups excluding carboxylic acids is 1. The van der Waals surface area contributed by atoms with E-state index in [-0.39, 0.29) is 23.9 Å². The van der Waals surface area contributed by atoms with Gasteiger partial charge in [0.15, 0.2) is 0 Å². The Labute approximate surface area is 108 Å². The third kappa shape index (κ3) is 2.98. The number of likely N-dealkylation sites (N-methyl/N-ethyl adjacent to an activating group) is 1. The van der Waals surface area contributed by atoms with Crippen LogP contribution >= 0.6 is 0 Å². The fourth-order valence-electron chi connectivity index (χ4n) is 2.02. The molecule has 1 aliphatic rings. The maximum atomic E-state index is 12.0. The molecule has 7 heteroatoms. The van der Waals surface area contributed by atoms with Crippen LogP contribution in [0, 0.1) is 0 Å². The fourth-order valence-corrected chi connectivity index (χ4v) is 2.02. The van der Waals surface area contributed by atoms with Gasteiger partial charge in [-0.2, -0.15) is 0 Å². The predicted octanol–water partition coefficient (Wildman–Crippen LogP) is 2.03. The molecule has 1 aromatic rings. The van der Waals surface area contributed by atoms with Gasteiger partial charge in [-0.1, -0.05) is 12.1 Å². The summed E-state index contributed by atoms with van der Waals surface area (Å²) in [5.74, 6) is -0.336. The highest BCUT2D eigenvalue weighted by atomic mass is 19.4. The van der Waals surface area contributed by atoms with Crippen molar-refractivity contribution in [2.75, 3.05) is 7.05 Å². The zero-order chi connectivity index (χ0) is 14.2. The first-order valence-corrected chi connectivity index (χ1v) is 5.66. The van der Waals surface area contributed by atoms with Crippen LogP contribution < -0.4 is 10.1 Å². The summed E-state index contributed by atoms with van der Waals surface area (Å²) < 4.78 is 39.8. The summed E-state index contributed by atoms with van der Waals surface area (Å²) >= 11 is 0. The van der Waals surface area contributed by atoms with E-state index in [0.29, 0.717) is 5.56 Å². The molecule has 2 rings (SSSR count). The van der Waals surface area contributed by atoms with Crippen molar-refractivity contribution in [3.63, 3.8) is 0 Å². The summed E-state index contributed by atoms with van der Waals surface area (Å²) in [6.45, 7) is 1.74. The monoisotopic (exact) mass is 274 g/mol. The number of amides is 1. The van der Waals surface area contributed by atoms with Gasteiger partial charge < -0.3 is 9.64 Å². The molecule has 0 bridgehead atoms. The van der Waals surface area contributed by atoms with Crippen LogP contribution in [0.3, 0.4) is 0 Å². The SMILES string of the molecule is CC1NC(c2ccc(OC(F)(F)F)cc2)N(C)C1=O. The second-order valence-electron chi connectivity index (χ2n) is 4.36. The first kappa shape index (κ1) is 13.7. The molecule has 0 aromatic heterocycles. The highest BCUT2D eigenvalue weighted by molar-refractivity contribution is 5.83. The van der Waals surface area contributed by atoms with Crippen LogP contribution in [0.5, 0.6) is 5.75 Å². The smallest absolute Gasteiger partial charge is 0.406 e. The van der Waals surface area contributed by atoms with Gasteiger partial charge in [-0.15, -0.1) is 13.2 Å². The first-order chi connectivity index (χ1) is 8.78. The molecule has 0 radical (unpaired) electrons. The normalized spacial score (nSPS) is 23.8. The highest BCUT2D eigenvalue weighted by Crippen LogP contribution is 2.27. The molecule has 104 valence electrons. The van der Waals surface area contributed by atoms with E-state index in [9.17, 15) is 18.0 Å². The van der Waals surface area contributed by atoms with E-state index in [1.807, 2.05) is 0 Å². The lowest BCUT2D eigenvalue weighted by Crippen LogP contribution is -2.25. The Morgan fingerprint density at radius 2 is 1.84 bits per heavy atom. The molecule has 1 aliphatic heterocycles. The number of nitrogens with zero attached hydrogens (tertiary/aromatic N) is 1. The van der Waals surface area contributed by atoms with E-state index in [0.717, 1.165) is 0 Å². The molecule has 0 aliphatic carbocycles. The number of ether oxygens (including phenoxy) is 1. The number of carbonyl (C=O) groups is 1. The average Bonchev–Trinajstić information content (AvgIpc) is 2.56. The number of benzene rings is 1. The molecule has 4 nitrogen and oxygen atoms in total. The Hall–Kier alpha value is -1.76. The van der Waals surface area contributed by atoms with Gasteiger partial charge in [-0.3, -0.25) is 10.1 Å². The highest BCUT2D eigenvalue weighted by Gasteiger charge is 2.35. The van der Waals surface area contributed by atoms with Crippen LogP contribution in [-0.2, 0) is 4.79 Å².